The molecule has 0 atom stereocenters. The van der Waals surface area contributed by atoms with Gasteiger partial charge < -0.3 is 4.40 Å². The topological polar surface area (TPSA) is 98.4 Å². The number of carbonyl (C=O) groups is 1. The first-order valence-corrected chi connectivity index (χ1v) is 10.1. The molecule has 1 amide bonds. The number of rotatable bonds is 3. The number of amides is 1. The molecule has 0 spiro atoms. The van der Waals surface area contributed by atoms with Crippen molar-refractivity contribution in [2.75, 3.05) is 0 Å². The Morgan fingerprint density at radius 3 is 2.52 bits per heavy atom. The highest BCUT2D eigenvalue weighted by atomic mass is 79.9. The zero-order valence-electron chi connectivity index (χ0n) is 13.4. The molecule has 0 radical (unpaired) electrons. The molecule has 11 heteroatoms. The second-order valence-electron chi connectivity index (χ2n) is 5.42. The van der Waals surface area contributed by atoms with Gasteiger partial charge in [-0.2, -0.15) is 5.10 Å². The summed E-state index contributed by atoms with van der Waals surface area (Å²) < 4.78 is 31.7. The maximum Gasteiger partial charge on any atom is 0.285 e. The minimum absolute atomic E-state index is 0.00367. The Balaban J connectivity index is 1.98. The molecule has 1 N–H and O–H groups in total. The van der Waals surface area contributed by atoms with Crippen molar-refractivity contribution in [3.8, 4) is 0 Å². The third-order valence-corrected chi connectivity index (χ3v) is 6.24. The number of carbonyl (C=O) groups excluding carboxylic acids is 1. The van der Waals surface area contributed by atoms with E-state index < -0.39 is 15.9 Å². The molecule has 8 nitrogen and oxygen atoms in total. The van der Waals surface area contributed by atoms with Crippen molar-refractivity contribution < 1.29 is 13.2 Å². The highest BCUT2D eigenvalue weighted by Crippen LogP contribution is 2.23. The van der Waals surface area contributed by atoms with Gasteiger partial charge in [-0.1, -0.05) is 0 Å². The minimum Gasteiger partial charge on any atom is -0.304 e. The summed E-state index contributed by atoms with van der Waals surface area (Å²) in [6.07, 6.45) is 3.17. The molecule has 0 aromatic carbocycles. The van der Waals surface area contributed by atoms with E-state index in [1.54, 1.807) is 37.6 Å². The van der Waals surface area contributed by atoms with E-state index in [0.717, 1.165) is 4.47 Å². The molecule has 3 aromatic heterocycles. The van der Waals surface area contributed by atoms with E-state index in [1.165, 1.54) is 10.9 Å². The number of aromatic nitrogens is 4. The molecule has 3 aromatic rings. The largest absolute Gasteiger partial charge is 0.304 e. The first-order chi connectivity index (χ1) is 11.6. The number of hydrogen-bond acceptors (Lipinski definition) is 5. The van der Waals surface area contributed by atoms with Crippen LogP contribution in [0, 0.1) is 13.8 Å². The summed E-state index contributed by atoms with van der Waals surface area (Å²) >= 11 is 6.70. The number of sulfonamides is 1. The van der Waals surface area contributed by atoms with E-state index in [9.17, 15) is 13.2 Å². The Hall–Kier alpha value is -1.72. The zero-order valence-corrected chi connectivity index (χ0v) is 17.4. The lowest BCUT2D eigenvalue weighted by molar-refractivity contribution is 0.0977. The van der Waals surface area contributed by atoms with Crippen LogP contribution >= 0.6 is 31.9 Å². The van der Waals surface area contributed by atoms with Gasteiger partial charge in [0.05, 0.1) is 15.9 Å². The fraction of sp³-hybridized carbons (Fsp3) is 0.214. The molecular weight excluding hydrogens is 478 g/mol. The molecule has 3 rings (SSSR count). The van der Waals surface area contributed by atoms with Crippen LogP contribution in [0.3, 0.4) is 0 Å². The Morgan fingerprint density at radius 2 is 1.92 bits per heavy atom. The Kier molecular flexibility index (Phi) is 4.50. The summed E-state index contributed by atoms with van der Waals surface area (Å²) in [5.74, 6) is -0.811. The van der Waals surface area contributed by atoms with Gasteiger partial charge in [-0.05, 0) is 51.8 Å². The summed E-state index contributed by atoms with van der Waals surface area (Å²) in [5, 5.41) is 4.07. The lowest BCUT2D eigenvalue weighted by Crippen LogP contribution is -2.31. The van der Waals surface area contributed by atoms with Crippen molar-refractivity contribution in [2.45, 2.75) is 18.7 Å². The molecule has 0 bridgehead atoms. The van der Waals surface area contributed by atoms with Crippen molar-refractivity contribution in [3.05, 3.63) is 44.5 Å². The van der Waals surface area contributed by atoms with Crippen molar-refractivity contribution in [3.63, 3.8) is 0 Å². The molecule has 3 heterocycles. The number of fused-ring (bicyclic) bond motifs is 1. The van der Waals surface area contributed by atoms with E-state index in [4.69, 9.17) is 0 Å². The van der Waals surface area contributed by atoms with Crippen LogP contribution in [0.2, 0.25) is 0 Å². The SMILES string of the molecule is Cc1nn(C)c(C)c1S(=O)(=O)NC(=O)c1cn2cc(Br)cc(Br)c2n1. The standard InChI is InChI=1S/C14H13Br2N5O3S/c1-7-12(8(2)20(3)18-7)25(23,24)19-14(22)11-6-21-5-9(15)4-10(16)13(21)17-11/h4-6H,1-3H3,(H,19,22). The van der Waals surface area contributed by atoms with Crippen LogP contribution in [0.5, 0.6) is 0 Å². The van der Waals surface area contributed by atoms with Crippen LogP contribution < -0.4 is 4.72 Å². The van der Waals surface area contributed by atoms with Gasteiger partial charge in [0, 0.05) is 23.9 Å². The van der Waals surface area contributed by atoms with Gasteiger partial charge >= 0.3 is 0 Å². The number of imidazole rings is 1. The van der Waals surface area contributed by atoms with Crippen molar-refractivity contribution in [1.82, 2.24) is 23.9 Å². The van der Waals surface area contributed by atoms with Crippen LogP contribution in [-0.4, -0.2) is 33.5 Å². The number of nitrogens with one attached hydrogen (secondary N) is 1. The van der Waals surface area contributed by atoms with Gasteiger partial charge in [0.1, 0.15) is 10.6 Å². The summed E-state index contributed by atoms with van der Waals surface area (Å²) in [6, 6.07) is 1.78. The van der Waals surface area contributed by atoms with E-state index in [1.807, 2.05) is 0 Å². The van der Waals surface area contributed by atoms with Crippen molar-refractivity contribution in [1.29, 1.82) is 0 Å². The summed E-state index contributed by atoms with van der Waals surface area (Å²) in [5.41, 5.74) is 1.25. The van der Waals surface area contributed by atoms with Crippen LogP contribution in [-0.2, 0) is 17.1 Å². The summed E-state index contributed by atoms with van der Waals surface area (Å²) in [4.78, 5) is 16.6. The second kappa shape index (κ2) is 6.22. The molecule has 0 saturated heterocycles. The van der Waals surface area contributed by atoms with Gasteiger partial charge in [-0.3, -0.25) is 9.48 Å². The maximum absolute atomic E-state index is 12.6. The second-order valence-corrected chi connectivity index (χ2v) is 8.81. The average Bonchev–Trinajstić information content (AvgIpc) is 3.00. The Bertz CT molecular complexity index is 1120. The van der Waals surface area contributed by atoms with Crippen LogP contribution in [0.1, 0.15) is 21.9 Å². The number of aryl methyl sites for hydroxylation is 2. The molecular formula is C14H13Br2N5O3S. The predicted octanol–water partition coefficient (Wildman–Crippen LogP) is 2.33. The van der Waals surface area contributed by atoms with Gasteiger partial charge in [-0.15, -0.1) is 0 Å². The number of pyridine rings is 1. The quantitative estimate of drug-likeness (QED) is 0.607. The van der Waals surface area contributed by atoms with Gasteiger partial charge in [-0.25, -0.2) is 18.1 Å². The van der Waals surface area contributed by atoms with E-state index in [0.29, 0.717) is 21.5 Å². The molecule has 0 aliphatic rings. The van der Waals surface area contributed by atoms with Gasteiger partial charge in [0.2, 0.25) is 0 Å². The molecule has 132 valence electrons. The third kappa shape index (κ3) is 3.23. The highest BCUT2D eigenvalue weighted by molar-refractivity contribution is 9.11. The lowest BCUT2D eigenvalue weighted by atomic mass is 10.4. The first-order valence-electron chi connectivity index (χ1n) is 7.01. The summed E-state index contributed by atoms with van der Waals surface area (Å²) in [6.45, 7) is 3.20. The number of nitrogens with zero attached hydrogens (tertiary/aromatic N) is 4. The van der Waals surface area contributed by atoms with Crippen molar-refractivity contribution in [2.24, 2.45) is 7.05 Å². The average molecular weight is 491 g/mol. The molecule has 0 aliphatic heterocycles. The number of hydrogen-bond donors (Lipinski definition) is 1. The molecule has 0 fully saturated rings. The van der Waals surface area contributed by atoms with E-state index >= 15 is 0 Å². The molecule has 0 aliphatic carbocycles. The van der Waals surface area contributed by atoms with Gasteiger partial charge in [0.15, 0.2) is 5.65 Å². The Labute approximate surface area is 160 Å². The van der Waals surface area contributed by atoms with Crippen molar-refractivity contribution >= 4 is 53.4 Å². The summed E-state index contributed by atoms with van der Waals surface area (Å²) in [7, 11) is -2.42. The molecule has 0 saturated carbocycles. The van der Waals surface area contributed by atoms with E-state index in [-0.39, 0.29) is 10.6 Å². The monoisotopic (exact) mass is 489 g/mol. The fourth-order valence-corrected chi connectivity index (χ4v) is 5.20. The highest BCUT2D eigenvalue weighted by Gasteiger charge is 2.27. The van der Waals surface area contributed by atoms with Crippen LogP contribution in [0.4, 0.5) is 0 Å². The van der Waals surface area contributed by atoms with Gasteiger partial charge in [0.25, 0.3) is 15.9 Å². The number of halogens is 2. The van der Waals surface area contributed by atoms with E-state index in [2.05, 4.69) is 46.7 Å². The molecule has 0 unspecified atom stereocenters. The maximum atomic E-state index is 12.6. The normalized spacial score (nSPS) is 11.9. The minimum atomic E-state index is -4.06. The van der Waals surface area contributed by atoms with Crippen LogP contribution in [0.15, 0.2) is 32.3 Å². The third-order valence-electron chi connectivity index (χ3n) is 3.64. The fourth-order valence-electron chi connectivity index (χ4n) is 2.50. The Morgan fingerprint density at radius 1 is 1.24 bits per heavy atom. The first kappa shape index (κ1) is 18.1. The molecule has 25 heavy (non-hydrogen) atoms. The zero-order chi connectivity index (χ0) is 18.5. The predicted molar refractivity (Wildman–Crippen MR) is 97.9 cm³/mol. The van der Waals surface area contributed by atoms with Crippen LogP contribution in [0.25, 0.3) is 5.65 Å². The smallest absolute Gasteiger partial charge is 0.285 e. The lowest BCUT2D eigenvalue weighted by Gasteiger charge is -2.05.